The van der Waals surface area contributed by atoms with Gasteiger partial charge in [0, 0.05) is 17.9 Å². The molecular weight excluding hydrogens is 236 g/mol. The Bertz CT molecular complexity index is 403. The average Bonchev–Trinajstić information content (AvgIpc) is 2.30. The predicted molar refractivity (Wildman–Crippen MR) is 72.0 cm³/mol. The topological polar surface area (TPSA) is 64.3 Å². The minimum absolute atomic E-state index is 0.171. The Hall–Kier alpha value is -1.46. The summed E-state index contributed by atoms with van der Waals surface area (Å²) < 4.78 is 5.18. The molecule has 92 valence electrons. The van der Waals surface area contributed by atoms with E-state index >= 15 is 0 Å². The largest absolute Gasteiger partial charge is 0.389 e. The molecule has 1 atom stereocenters. The molecule has 5 heteroatoms. The molecule has 0 saturated carbocycles. The minimum atomic E-state index is -0.463. The van der Waals surface area contributed by atoms with Crippen LogP contribution in [0.25, 0.3) is 0 Å². The Morgan fingerprint density at radius 1 is 1.47 bits per heavy atom. The molecule has 1 aromatic rings. The highest BCUT2D eigenvalue weighted by Crippen LogP contribution is 2.10. The fourth-order valence-electron chi connectivity index (χ4n) is 1.29. The zero-order valence-corrected chi connectivity index (χ0v) is 10.7. The van der Waals surface area contributed by atoms with Crippen LogP contribution < -0.4 is 11.1 Å². The zero-order valence-electron chi connectivity index (χ0n) is 9.90. The molecule has 1 unspecified atom stereocenters. The van der Waals surface area contributed by atoms with Gasteiger partial charge in [-0.05, 0) is 38.1 Å². The van der Waals surface area contributed by atoms with Gasteiger partial charge in [0.05, 0.1) is 0 Å². The standard InChI is InChI=1S/C12H16N2O2S/c1-3-16-8(2)12(15)14-10-6-4-9(5-7-10)11(13)17/h4-8H,3H2,1-2H3,(H2,13,17)(H,14,15). The van der Waals surface area contributed by atoms with E-state index in [9.17, 15) is 4.79 Å². The van der Waals surface area contributed by atoms with Crippen LogP contribution in [-0.4, -0.2) is 23.6 Å². The van der Waals surface area contributed by atoms with E-state index < -0.39 is 6.10 Å². The molecule has 0 radical (unpaired) electrons. The van der Waals surface area contributed by atoms with Crippen LogP contribution in [0.15, 0.2) is 24.3 Å². The number of thiocarbonyl (C=S) groups is 1. The van der Waals surface area contributed by atoms with Crippen molar-refractivity contribution >= 4 is 28.8 Å². The van der Waals surface area contributed by atoms with Crippen molar-refractivity contribution in [2.45, 2.75) is 20.0 Å². The van der Waals surface area contributed by atoms with Gasteiger partial charge < -0.3 is 15.8 Å². The zero-order chi connectivity index (χ0) is 12.8. The first-order valence-electron chi connectivity index (χ1n) is 5.37. The molecule has 0 aliphatic carbocycles. The molecule has 0 aliphatic rings. The number of anilines is 1. The lowest BCUT2D eigenvalue weighted by atomic mass is 10.2. The molecule has 0 bridgehead atoms. The summed E-state index contributed by atoms with van der Waals surface area (Å²) in [5.74, 6) is -0.171. The summed E-state index contributed by atoms with van der Waals surface area (Å²) in [4.78, 5) is 12.0. The number of nitrogens with two attached hydrogens (primary N) is 1. The lowest BCUT2D eigenvalue weighted by Crippen LogP contribution is -2.27. The Balaban J connectivity index is 2.63. The maximum Gasteiger partial charge on any atom is 0.253 e. The Morgan fingerprint density at radius 2 is 2.06 bits per heavy atom. The summed E-state index contributed by atoms with van der Waals surface area (Å²) in [6.07, 6.45) is -0.463. The van der Waals surface area contributed by atoms with Crippen molar-refractivity contribution in [2.75, 3.05) is 11.9 Å². The monoisotopic (exact) mass is 252 g/mol. The van der Waals surface area contributed by atoms with E-state index in [1.165, 1.54) is 0 Å². The highest BCUT2D eigenvalue weighted by molar-refractivity contribution is 7.80. The maximum atomic E-state index is 11.6. The molecule has 0 aliphatic heterocycles. The molecule has 1 rings (SSSR count). The smallest absolute Gasteiger partial charge is 0.253 e. The van der Waals surface area contributed by atoms with Gasteiger partial charge in [0.25, 0.3) is 5.91 Å². The van der Waals surface area contributed by atoms with E-state index in [4.69, 9.17) is 22.7 Å². The third-order valence-electron chi connectivity index (χ3n) is 2.22. The first-order chi connectivity index (χ1) is 8.04. The summed E-state index contributed by atoms with van der Waals surface area (Å²) in [7, 11) is 0. The summed E-state index contributed by atoms with van der Waals surface area (Å²) in [6, 6.07) is 7.04. The molecule has 1 amide bonds. The highest BCUT2D eigenvalue weighted by Gasteiger charge is 2.12. The molecule has 1 aromatic carbocycles. The number of nitrogens with one attached hydrogen (secondary N) is 1. The first kappa shape index (κ1) is 13.6. The number of rotatable bonds is 5. The Morgan fingerprint density at radius 3 is 2.53 bits per heavy atom. The molecule has 3 N–H and O–H groups in total. The second-order valence-corrected chi connectivity index (χ2v) is 3.97. The predicted octanol–water partition coefficient (Wildman–Crippen LogP) is 1.68. The third kappa shape index (κ3) is 4.13. The number of hydrogen-bond acceptors (Lipinski definition) is 3. The summed E-state index contributed by atoms with van der Waals surface area (Å²) in [5, 5.41) is 2.74. The van der Waals surface area contributed by atoms with Crippen LogP contribution in [-0.2, 0) is 9.53 Å². The number of hydrogen-bond donors (Lipinski definition) is 2. The van der Waals surface area contributed by atoms with Crippen molar-refractivity contribution in [1.29, 1.82) is 0 Å². The normalized spacial score (nSPS) is 11.9. The van der Waals surface area contributed by atoms with Crippen LogP contribution in [0.2, 0.25) is 0 Å². The summed E-state index contributed by atoms with van der Waals surface area (Å²) >= 11 is 4.84. The molecule has 0 heterocycles. The van der Waals surface area contributed by atoms with Crippen LogP contribution in [0.5, 0.6) is 0 Å². The summed E-state index contributed by atoms with van der Waals surface area (Å²) in [5.41, 5.74) is 6.95. The van der Waals surface area contributed by atoms with Gasteiger partial charge in [0.2, 0.25) is 0 Å². The molecule has 0 aromatic heterocycles. The fourth-order valence-corrected chi connectivity index (χ4v) is 1.42. The molecule has 17 heavy (non-hydrogen) atoms. The van der Waals surface area contributed by atoms with Gasteiger partial charge in [-0.15, -0.1) is 0 Å². The minimum Gasteiger partial charge on any atom is -0.389 e. The maximum absolute atomic E-state index is 11.6. The van der Waals surface area contributed by atoms with Gasteiger partial charge in [0.15, 0.2) is 0 Å². The fraction of sp³-hybridized carbons (Fsp3) is 0.333. The van der Waals surface area contributed by atoms with Gasteiger partial charge >= 0.3 is 0 Å². The number of carbonyl (C=O) groups is 1. The molecule has 0 spiro atoms. The third-order valence-corrected chi connectivity index (χ3v) is 2.46. The van der Waals surface area contributed by atoms with Crippen molar-refractivity contribution in [3.8, 4) is 0 Å². The van der Waals surface area contributed by atoms with Crippen LogP contribution >= 0.6 is 12.2 Å². The number of carbonyl (C=O) groups excluding carboxylic acids is 1. The van der Waals surface area contributed by atoms with Gasteiger partial charge in [-0.1, -0.05) is 12.2 Å². The van der Waals surface area contributed by atoms with E-state index in [0.717, 1.165) is 5.56 Å². The van der Waals surface area contributed by atoms with Crippen molar-refractivity contribution in [1.82, 2.24) is 0 Å². The van der Waals surface area contributed by atoms with Gasteiger partial charge in [-0.25, -0.2) is 0 Å². The number of benzene rings is 1. The molecule has 0 saturated heterocycles. The van der Waals surface area contributed by atoms with Crippen molar-refractivity contribution in [2.24, 2.45) is 5.73 Å². The SMILES string of the molecule is CCOC(C)C(=O)Nc1ccc(C(N)=S)cc1. The van der Waals surface area contributed by atoms with Gasteiger partial charge in [0.1, 0.15) is 11.1 Å². The van der Waals surface area contributed by atoms with E-state index in [-0.39, 0.29) is 5.91 Å². The quantitative estimate of drug-likeness (QED) is 0.783. The van der Waals surface area contributed by atoms with E-state index in [1.807, 2.05) is 6.92 Å². The number of ether oxygens (including phenoxy) is 1. The van der Waals surface area contributed by atoms with E-state index in [2.05, 4.69) is 5.32 Å². The van der Waals surface area contributed by atoms with Gasteiger partial charge in [-0.3, -0.25) is 4.79 Å². The van der Waals surface area contributed by atoms with Crippen LogP contribution in [0.4, 0.5) is 5.69 Å². The average molecular weight is 252 g/mol. The van der Waals surface area contributed by atoms with E-state index in [1.54, 1.807) is 31.2 Å². The number of amides is 1. The first-order valence-corrected chi connectivity index (χ1v) is 5.77. The highest BCUT2D eigenvalue weighted by atomic mass is 32.1. The van der Waals surface area contributed by atoms with Crippen LogP contribution in [0.1, 0.15) is 19.4 Å². The van der Waals surface area contributed by atoms with Crippen molar-refractivity contribution in [3.05, 3.63) is 29.8 Å². The van der Waals surface area contributed by atoms with Crippen LogP contribution in [0, 0.1) is 0 Å². The molecule has 0 fully saturated rings. The lowest BCUT2D eigenvalue weighted by molar-refractivity contribution is -0.126. The van der Waals surface area contributed by atoms with Crippen molar-refractivity contribution < 1.29 is 9.53 Å². The lowest BCUT2D eigenvalue weighted by Gasteiger charge is -2.12. The summed E-state index contributed by atoms with van der Waals surface area (Å²) in [6.45, 7) is 4.07. The Kier molecular flexibility index (Phi) is 5.06. The second-order valence-electron chi connectivity index (χ2n) is 3.53. The molecule has 4 nitrogen and oxygen atoms in total. The second kappa shape index (κ2) is 6.32. The van der Waals surface area contributed by atoms with Crippen molar-refractivity contribution in [3.63, 3.8) is 0 Å². The van der Waals surface area contributed by atoms with E-state index in [0.29, 0.717) is 17.3 Å². The van der Waals surface area contributed by atoms with Crippen LogP contribution in [0.3, 0.4) is 0 Å². The van der Waals surface area contributed by atoms with Gasteiger partial charge in [-0.2, -0.15) is 0 Å². The molecular formula is C12H16N2O2S. The Labute approximate surface area is 106 Å².